The number of hydrogen-bond donors (Lipinski definition) is 2. The summed E-state index contributed by atoms with van der Waals surface area (Å²) in [6.45, 7) is 48.6. The molecule has 2 aliphatic rings. The van der Waals surface area contributed by atoms with Crippen molar-refractivity contribution in [1.82, 2.24) is 104 Å². The zero-order valence-corrected chi connectivity index (χ0v) is 53.3. The first-order chi connectivity index (χ1) is 37.2. The van der Waals surface area contributed by atoms with Gasteiger partial charge in [0, 0.05) is 33.6 Å². The lowest BCUT2D eigenvalue weighted by Crippen LogP contribution is -1.89. The van der Waals surface area contributed by atoms with E-state index in [1.807, 2.05) is 186 Å². The van der Waals surface area contributed by atoms with Gasteiger partial charge in [0.05, 0.1) is 72.4 Å². The molecule has 0 atom stereocenters. The van der Waals surface area contributed by atoms with Crippen molar-refractivity contribution in [1.29, 1.82) is 0 Å². The largest absolute Gasteiger partial charge is 0.265 e. The third kappa shape index (κ3) is 61.1. The lowest BCUT2D eigenvalue weighted by atomic mass is 10.4. The summed E-state index contributed by atoms with van der Waals surface area (Å²) in [7, 11) is 5.43. The van der Waals surface area contributed by atoms with Gasteiger partial charge in [-0.05, 0) is 86.8 Å². The molecule has 0 fully saturated rings. The Balaban J connectivity index is -0.000000138. The minimum Gasteiger partial charge on any atom is -0.265 e. The maximum atomic E-state index is 4.34. The van der Waals surface area contributed by atoms with Crippen LogP contribution in [-0.4, -0.2) is 129 Å². The molecule has 0 amide bonds. The monoisotopic (exact) mass is 1120 g/mol. The number of aromatic amines is 2. The molecule has 10 rings (SSSR count). The molecule has 0 saturated carbocycles. The Morgan fingerprint density at radius 2 is 1.19 bits per heavy atom. The number of nitrogens with one attached hydrogen (secondary N) is 2. The molecule has 0 bridgehead atoms. The summed E-state index contributed by atoms with van der Waals surface area (Å²) in [5.74, 6) is 2.63. The van der Waals surface area contributed by atoms with Gasteiger partial charge in [0.2, 0.25) is 0 Å². The first-order valence-electron chi connectivity index (χ1n) is 25.6. The van der Waals surface area contributed by atoms with E-state index >= 15 is 0 Å². The van der Waals surface area contributed by atoms with Crippen molar-refractivity contribution >= 4 is 35.3 Å². The second-order valence-electron chi connectivity index (χ2n) is 12.0. The molecule has 0 aliphatic carbocycles. The van der Waals surface area contributed by atoms with E-state index in [0.29, 0.717) is 0 Å². The van der Waals surface area contributed by atoms with Crippen molar-refractivity contribution in [3.05, 3.63) is 107 Å². The smallest absolute Gasteiger partial charge is 0.139 e. The topological polar surface area (TPSA) is 315 Å². The van der Waals surface area contributed by atoms with Gasteiger partial charge in [-0.3, -0.25) is 19.5 Å². The standard InChI is InChI=1S/C4H6N2O.2C4H6N2S.2C4H6N2.5C3H5N3.7C2H6/c1-3-4(2)6-7-5-3;1-3-5-4(2)7-6-3;1-3-4(2)6-7-5-3;1-4-5-2-3-6-4;1-4-2-3-5-6-4;1-6-3-4-2-5-6;1-6-3-2-4-5-6;1-6-4-2-3-5-6;1-3-4-2-5-6-3;1-3-2-4-6-5-3;7*1-2/h3*1-2H3;2*2H,3H2,1H3;3*2-3H,1H3;2*2H,1H3,(H,4,5,6);7*1-2H3. The summed E-state index contributed by atoms with van der Waals surface area (Å²) in [4.78, 5) is 20.7. The van der Waals surface area contributed by atoms with E-state index in [0.717, 1.165) is 69.7 Å². The number of rotatable bonds is 0. The fourth-order valence-electron chi connectivity index (χ4n) is 3.05. The molecule has 8 aromatic heterocycles. The maximum Gasteiger partial charge on any atom is 0.139 e. The van der Waals surface area contributed by atoms with Gasteiger partial charge in [0.15, 0.2) is 0 Å². The fraction of sp³-hybridized carbons (Fsp3) is 0.592. The molecule has 28 heteroatoms. The van der Waals surface area contributed by atoms with Crippen molar-refractivity contribution in [2.75, 3.05) is 13.1 Å². The molecule has 2 N–H and O–H groups in total. The highest BCUT2D eigenvalue weighted by Gasteiger charge is 1.94. The molecule has 2 aliphatic heterocycles. The predicted molar refractivity (Wildman–Crippen MR) is 317 cm³/mol. The van der Waals surface area contributed by atoms with E-state index in [1.165, 1.54) is 40.7 Å². The number of aliphatic imine (C=N–C) groups is 2. The highest BCUT2D eigenvalue weighted by atomic mass is 32.1. The van der Waals surface area contributed by atoms with Crippen LogP contribution in [0.3, 0.4) is 0 Å². The van der Waals surface area contributed by atoms with Gasteiger partial charge < -0.3 is 0 Å². The summed E-state index contributed by atoms with van der Waals surface area (Å²) in [6, 6.07) is 0. The Labute approximate surface area is 469 Å². The van der Waals surface area contributed by atoms with E-state index in [2.05, 4.69) is 114 Å². The lowest BCUT2D eigenvalue weighted by molar-refractivity contribution is 0.302. The van der Waals surface area contributed by atoms with E-state index in [-0.39, 0.29) is 0 Å². The number of azo groups is 1. The molecule has 10 heterocycles. The third-order valence-corrected chi connectivity index (χ3v) is 7.87. The molecular weight excluding hydrogens is 1020 g/mol. The van der Waals surface area contributed by atoms with Crippen LogP contribution in [0.5, 0.6) is 0 Å². The Kier molecular flexibility index (Phi) is 72.4. The molecule has 0 spiro atoms. The maximum absolute atomic E-state index is 4.34. The van der Waals surface area contributed by atoms with Crippen LogP contribution in [0.15, 0.2) is 86.6 Å². The minimum absolute atomic E-state index is 0.784. The Bertz CT molecular complexity index is 2040. The van der Waals surface area contributed by atoms with E-state index in [1.54, 1.807) is 59.9 Å². The number of nitrogens with zero attached hydrogens (tertiary/aromatic N) is 23. The van der Waals surface area contributed by atoms with Gasteiger partial charge in [0.25, 0.3) is 0 Å². The van der Waals surface area contributed by atoms with Gasteiger partial charge in [-0.1, -0.05) is 112 Å². The van der Waals surface area contributed by atoms with Crippen molar-refractivity contribution in [3.8, 4) is 0 Å². The number of aryl methyl sites for hydroxylation is 11. The molecule has 0 radical (unpaired) electrons. The quantitative estimate of drug-likeness (QED) is 0.142. The molecule has 0 aromatic carbocycles. The molecule has 0 saturated heterocycles. The van der Waals surface area contributed by atoms with E-state index < -0.39 is 0 Å². The zero-order valence-electron chi connectivity index (χ0n) is 51.7. The van der Waals surface area contributed by atoms with Crippen LogP contribution in [0.1, 0.15) is 156 Å². The molecule has 8 aromatic rings. The number of allylic oxidation sites excluding steroid dienone is 1. The van der Waals surface area contributed by atoms with Crippen LogP contribution >= 0.6 is 23.3 Å². The first-order valence-corrected chi connectivity index (χ1v) is 27.1. The summed E-state index contributed by atoms with van der Waals surface area (Å²) < 4.78 is 19.5. The van der Waals surface area contributed by atoms with Crippen LogP contribution in [0, 0.1) is 55.4 Å². The molecule has 26 nitrogen and oxygen atoms in total. The van der Waals surface area contributed by atoms with Crippen molar-refractivity contribution in [2.24, 2.45) is 41.4 Å². The summed E-state index contributed by atoms with van der Waals surface area (Å²) in [5, 5.41) is 49.7. The average molecular weight is 1120 g/mol. The van der Waals surface area contributed by atoms with Crippen molar-refractivity contribution in [3.63, 3.8) is 0 Å². The van der Waals surface area contributed by atoms with Gasteiger partial charge in [-0.2, -0.15) is 64.0 Å². The van der Waals surface area contributed by atoms with Gasteiger partial charge in [-0.15, -0.1) is 5.10 Å². The third-order valence-electron chi connectivity index (χ3n) is 6.45. The van der Waals surface area contributed by atoms with Crippen molar-refractivity contribution < 1.29 is 4.63 Å². The number of aromatic nitrogens is 21. The summed E-state index contributed by atoms with van der Waals surface area (Å²) in [5.41, 5.74) is 5.78. The highest BCUT2D eigenvalue weighted by Crippen LogP contribution is 2.01. The highest BCUT2D eigenvalue weighted by molar-refractivity contribution is 7.05. The zero-order chi connectivity index (χ0) is 60.7. The number of hydrogen-bond acceptors (Lipinski definition) is 23. The lowest BCUT2D eigenvalue weighted by Gasteiger charge is -1.75. The Morgan fingerprint density at radius 1 is 0.623 bits per heavy atom. The fourth-order valence-corrected chi connectivity index (χ4v) is 4.07. The number of amidine groups is 1. The van der Waals surface area contributed by atoms with E-state index in [4.69, 9.17) is 0 Å². The summed E-state index contributed by atoms with van der Waals surface area (Å²) in [6.07, 6.45) is 16.8. The van der Waals surface area contributed by atoms with Crippen LogP contribution in [0.4, 0.5) is 0 Å². The van der Waals surface area contributed by atoms with Crippen LogP contribution < -0.4 is 0 Å². The Hall–Kier alpha value is -7.36. The van der Waals surface area contributed by atoms with Crippen LogP contribution in [-0.2, 0) is 21.1 Å². The van der Waals surface area contributed by atoms with Gasteiger partial charge in [-0.25, -0.2) is 24.6 Å². The van der Waals surface area contributed by atoms with Gasteiger partial charge in [0.1, 0.15) is 52.9 Å². The Morgan fingerprint density at radius 3 is 1.32 bits per heavy atom. The normalized spacial score (nSPS) is 9.44. The second kappa shape index (κ2) is 66.7. The molecular formula is C49H97N25OS2. The summed E-state index contributed by atoms with van der Waals surface area (Å²) >= 11 is 2.71. The molecule has 0 unspecified atom stereocenters. The van der Waals surface area contributed by atoms with Crippen LogP contribution in [0.2, 0.25) is 0 Å². The van der Waals surface area contributed by atoms with Gasteiger partial charge >= 0.3 is 0 Å². The number of H-pyrrole nitrogens is 2. The molecule has 77 heavy (non-hydrogen) atoms. The molecule has 436 valence electrons. The minimum atomic E-state index is 0.784. The predicted octanol–water partition coefficient (Wildman–Crippen LogP) is 11.7. The SMILES string of the molecule is CC.CC.CC.CC.CC.CC.CC.CC1=CCN=N1.CC1=NCC=N1.Cc1cn[nH]n1.Cc1ncn[nH]1.Cc1nonc1C.Cc1nsc(C)n1.Cc1nsnc1C.Cn1ccnn1.Cn1cncn1.Cn1nccn1. The second-order valence-corrected chi connectivity index (χ2v) is 13.5. The average Bonchev–Trinajstić information content (AvgIpc) is 4.27. The van der Waals surface area contributed by atoms with Crippen LogP contribution in [0.25, 0.3) is 0 Å². The first kappa shape index (κ1) is 83.6. The van der Waals surface area contributed by atoms with Crippen molar-refractivity contribution in [2.45, 2.75) is 166 Å². The van der Waals surface area contributed by atoms with E-state index in [9.17, 15) is 0 Å².